The van der Waals surface area contributed by atoms with E-state index in [2.05, 4.69) is 27.3 Å². The quantitative estimate of drug-likeness (QED) is 0.475. The van der Waals surface area contributed by atoms with E-state index >= 15 is 0 Å². The van der Waals surface area contributed by atoms with Gasteiger partial charge in [-0.05, 0) is 33.6 Å². The van der Waals surface area contributed by atoms with Gasteiger partial charge in [0.1, 0.15) is 0 Å². The Bertz CT molecular complexity index is 468. The van der Waals surface area contributed by atoms with E-state index in [4.69, 9.17) is 4.74 Å². The molecule has 1 fully saturated rings. The molecule has 0 radical (unpaired) electrons. The van der Waals surface area contributed by atoms with Crippen molar-refractivity contribution in [2.75, 3.05) is 33.0 Å². The Morgan fingerprint density at radius 3 is 2.52 bits per heavy atom. The fraction of sp³-hybridized carbons (Fsp3) is 0.923. The molecule has 0 aromatic carbocycles. The lowest BCUT2D eigenvalue weighted by atomic mass is 10.0. The number of hydrogen-bond donors (Lipinski definition) is 3. The molecule has 0 aromatic heterocycles. The first-order chi connectivity index (χ1) is 9.55. The van der Waals surface area contributed by atoms with Gasteiger partial charge in [0.15, 0.2) is 5.96 Å². The van der Waals surface area contributed by atoms with Gasteiger partial charge in [0.25, 0.3) is 0 Å². The molecule has 7 nitrogen and oxygen atoms in total. The second kappa shape index (κ2) is 6.93. The van der Waals surface area contributed by atoms with Crippen LogP contribution in [0.4, 0.5) is 0 Å². The number of rotatable bonds is 6. The van der Waals surface area contributed by atoms with Crippen LogP contribution in [-0.2, 0) is 14.8 Å². The van der Waals surface area contributed by atoms with Crippen LogP contribution in [0.3, 0.4) is 0 Å². The average molecular weight is 320 g/mol. The molecule has 3 N–H and O–H groups in total. The second-order valence-corrected chi connectivity index (χ2v) is 8.19. The molecule has 1 saturated heterocycles. The third-order valence-corrected chi connectivity index (χ3v) is 4.24. The summed E-state index contributed by atoms with van der Waals surface area (Å²) in [5.74, 6) is 0.634. The molecule has 124 valence electrons. The average Bonchev–Trinajstić information content (AvgIpc) is 2.73. The van der Waals surface area contributed by atoms with Crippen LogP contribution in [-0.4, -0.2) is 58.5 Å². The first-order valence-corrected chi connectivity index (χ1v) is 9.02. The molecule has 0 spiro atoms. The molecule has 0 saturated carbocycles. The summed E-state index contributed by atoms with van der Waals surface area (Å²) in [6.07, 6.45) is 3.26. The van der Waals surface area contributed by atoms with Crippen LogP contribution in [0.5, 0.6) is 0 Å². The van der Waals surface area contributed by atoms with Crippen molar-refractivity contribution in [3.05, 3.63) is 0 Å². The molecule has 1 atom stereocenters. The van der Waals surface area contributed by atoms with Gasteiger partial charge in [0, 0.05) is 32.3 Å². The van der Waals surface area contributed by atoms with E-state index in [1.54, 1.807) is 7.05 Å². The third-order valence-electron chi connectivity index (χ3n) is 3.31. The molecule has 1 unspecified atom stereocenters. The van der Waals surface area contributed by atoms with E-state index in [0.717, 1.165) is 25.7 Å². The van der Waals surface area contributed by atoms with Gasteiger partial charge >= 0.3 is 0 Å². The summed E-state index contributed by atoms with van der Waals surface area (Å²) in [4.78, 5) is 4.14. The summed E-state index contributed by atoms with van der Waals surface area (Å²) in [6, 6.07) is 0. The molecular formula is C13H28N4O3S. The van der Waals surface area contributed by atoms with Crippen molar-refractivity contribution in [1.82, 2.24) is 15.4 Å². The van der Waals surface area contributed by atoms with E-state index in [1.807, 2.05) is 13.8 Å². The van der Waals surface area contributed by atoms with Crippen LogP contribution >= 0.6 is 0 Å². The third kappa shape index (κ3) is 7.10. The number of sulfonamides is 1. The number of ether oxygens (including phenoxy) is 1. The maximum Gasteiger partial charge on any atom is 0.209 e. The zero-order chi connectivity index (χ0) is 16.1. The molecule has 21 heavy (non-hydrogen) atoms. The van der Waals surface area contributed by atoms with Crippen LogP contribution in [0.25, 0.3) is 0 Å². The summed E-state index contributed by atoms with van der Waals surface area (Å²) >= 11 is 0. The topological polar surface area (TPSA) is 91.8 Å². The zero-order valence-electron chi connectivity index (χ0n) is 13.6. The predicted molar refractivity (Wildman–Crippen MR) is 85.0 cm³/mol. The van der Waals surface area contributed by atoms with Crippen LogP contribution in [0, 0.1) is 0 Å². The Morgan fingerprint density at radius 2 is 2.05 bits per heavy atom. The standard InChI is InChI=1S/C13H28N4O3S/c1-12(2,17-21(5,18)19)9-15-11(14-4)16-10-13(3)7-6-8-20-13/h17H,6-10H2,1-5H3,(H2,14,15,16). The van der Waals surface area contributed by atoms with Gasteiger partial charge in [-0.15, -0.1) is 0 Å². The van der Waals surface area contributed by atoms with Crippen molar-refractivity contribution in [2.24, 2.45) is 4.99 Å². The monoisotopic (exact) mass is 320 g/mol. The van der Waals surface area contributed by atoms with Crippen molar-refractivity contribution in [1.29, 1.82) is 0 Å². The minimum Gasteiger partial charge on any atom is -0.373 e. The molecular weight excluding hydrogens is 292 g/mol. The highest BCUT2D eigenvalue weighted by atomic mass is 32.2. The Labute approximate surface area is 128 Å². The van der Waals surface area contributed by atoms with Gasteiger partial charge < -0.3 is 15.4 Å². The van der Waals surface area contributed by atoms with E-state index in [-0.39, 0.29) is 5.60 Å². The van der Waals surface area contributed by atoms with Gasteiger partial charge in [0.05, 0.1) is 11.9 Å². The normalized spacial score (nSPS) is 24.1. The van der Waals surface area contributed by atoms with Crippen molar-refractivity contribution in [3.63, 3.8) is 0 Å². The van der Waals surface area contributed by atoms with Gasteiger partial charge in [-0.3, -0.25) is 4.99 Å². The Balaban J connectivity index is 2.44. The summed E-state index contributed by atoms with van der Waals surface area (Å²) in [5, 5.41) is 6.35. The highest BCUT2D eigenvalue weighted by Crippen LogP contribution is 2.23. The summed E-state index contributed by atoms with van der Waals surface area (Å²) in [5.41, 5.74) is -0.753. The molecule has 0 bridgehead atoms. The summed E-state index contributed by atoms with van der Waals surface area (Å²) in [7, 11) is -1.56. The lowest BCUT2D eigenvalue weighted by Gasteiger charge is -2.28. The molecule has 0 aromatic rings. The number of hydrogen-bond acceptors (Lipinski definition) is 4. The van der Waals surface area contributed by atoms with E-state index in [9.17, 15) is 8.42 Å². The van der Waals surface area contributed by atoms with Crippen LogP contribution in [0.2, 0.25) is 0 Å². The minimum atomic E-state index is -3.24. The zero-order valence-corrected chi connectivity index (χ0v) is 14.4. The van der Waals surface area contributed by atoms with E-state index in [0.29, 0.717) is 19.0 Å². The first-order valence-electron chi connectivity index (χ1n) is 7.13. The largest absolute Gasteiger partial charge is 0.373 e. The van der Waals surface area contributed by atoms with Gasteiger partial charge in [0.2, 0.25) is 10.0 Å². The van der Waals surface area contributed by atoms with Gasteiger partial charge in [-0.2, -0.15) is 0 Å². The minimum absolute atomic E-state index is 0.155. The van der Waals surface area contributed by atoms with Gasteiger partial charge in [-0.1, -0.05) is 0 Å². The molecule has 8 heteroatoms. The number of nitrogens with one attached hydrogen (secondary N) is 3. The van der Waals surface area contributed by atoms with E-state index in [1.165, 1.54) is 0 Å². The van der Waals surface area contributed by atoms with E-state index < -0.39 is 15.6 Å². The fourth-order valence-corrected chi connectivity index (χ4v) is 3.39. The second-order valence-electron chi connectivity index (χ2n) is 6.44. The highest BCUT2D eigenvalue weighted by molar-refractivity contribution is 7.88. The Kier molecular flexibility index (Phi) is 6.01. The smallest absolute Gasteiger partial charge is 0.209 e. The highest BCUT2D eigenvalue weighted by Gasteiger charge is 2.30. The SMILES string of the molecule is CN=C(NCC(C)(C)NS(C)(=O)=O)NCC1(C)CCCO1. The first kappa shape index (κ1) is 18.2. The number of guanidine groups is 1. The van der Waals surface area contributed by atoms with Crippen molar-refractivity contribution >= 4 is 16.0 Å². The Hall–Kier alpha value is -0.860. The molecule has 0 amide bonds. The maximum absolute atomic E-state index is 11.3. The maximum atomic E-state index is 11.3. The molecule has 1 rings (SSSR count). The van der Waals surface area contributed by atoms with Gasteiger partial charge in [-0.25, -0.2) is 13.1 Å². The fourth-order valence-electron chi connectivity index (χ4n) is 2.31. The number of aliphatic imine (C=N–C) groups is 1. The molecule has 0 aliphatic carbocycles. The van der Waals surface area contributed by atoms with Crippen LogP contribution in [0.15, 0.2) is 4.99 Å². The summed E-state index contributed by atoms with van der Waals surface area (Å²) < 4.78 is 30.9. The molecule has 1 aliphatic rings. The lowest BCUT2D eigenvalue weighted by Crippen LogP contribution is -2.54. The van der Waals surface area contributed by atoms with Crippen LogP contribution < -0.4 is 15.4 Å². The van der Waals surface area contributed by atoms with Crippen molar-refractivity contribution in [3.8, 4) is 0 Å². The Morgan fingerprint density at radius 1 is 1.38 bits per heavy atom. The lowest BCUT2D eigenvalue weighted by molar-refractivity contribution is 0.0243. The number of nitrogens with zero attached hydrogens (tertiary/aromatic N) is 1. The predicted octanol–water partition coefficient (Wildman–Crippen LogP) is 0.0483. The molecule has 1 aliphatic heterocycles. The van der Waals surface area contributed by atoms with Crippen LogP contribution in [0.1, 0.15) is 33.6 Å². The van der Waals surface area contributed by atoms with Crippen molar-refractivity contribution < 1.29 is 13.2 Å². The van der Waals surface area contributed by atoms with Crippen molar-refractivity contribution in [2.45, 2.75) is 44.8 Å². The molecule has 1 heterocycles. The summed E-state index contributed by atoms with van der Waals surface area (Å²) in [6.45, 7) is 7.61.